The normalized spacial score (nSPS) is 12.1. The van der Waals surface area contributed by atoms with Crippen LogP contribution in [-0.2, 0) is 0 Å². The summed E-state index contributed by atoms with van der Waals surface area (Å²) < 4.78 is 4.87. The van der Waals surface area contributed by atoms with Gasteiger partial charge in [-0.1, -0.05) is 158 Å². The van der Waals surface area contributed by atoms with Crippen molar-refractivity contribution in [2.75, 3.05) is 0 Å². The van der Waals surface area contributed by atoms with Crippen LogP contribution in [0.3, 0.4) is 0 Å². The van der Waals surface area contributed by atoms with Gasteiger partial charge in [0.15, 0.2) is 0 Å². The molecule has 0 saturated heterocycles. The highest BCUT2D eigenvalue weighted by Gasteiger charge is 2.24. The lowest BCUT2D eigenvalue weighted by molar-refractivity contribution is 1.02. The SMILES string of the molecule is c1ccc2c(-c3ccc(-c4nc(-n5c6ccccc6c6c7ccccc7c7c8ccccc8sc7c65)nc5c4ccc4ccccc45)cc3)cccc2c1. The number of aromatic nitrogens is 3. The Bertz CT molecular complexity index is 3490. The van der Waals surface area contributed by atoms with Gasteiger partial charge in [-0.15, -0.1) is 11.3 Å². The number of fused-ring (bicyclic) bond motifs is 14. The number of hydrogen-bond acceptors (Lipinski definition) is 3. The third-order valence-corrected chi connectivity index (χ3v) is 12.4. The van der Waals surface area contributed by atoms with E-state index in [4.69, 9.17) is 9.97 Å². The van der Waals surface area contributed by atoms with E-state index in [1.54, 1.807) is 0 Å². The van der Waals surface area contributed by atoms with Crippen LogP contribution in [-0.4, -0.2) is 14.5 Å². The summed E-state index contributed by atoms with van der Waals surface area (Å²) in [6.45, 7) is 0. The molecule has 0 spiro atoms. The zero-order valence-corrected chi connectivity index (χ0v) is 29.8. The van der Waals surface area contributed by atoms with Crippen molar-refractivity contribution < 1.29 is 0 Å². The molecule has 0 aliphatic rings. The van der Waals surface area contributed by atoms with Crippen LogP contribution in [0.1, 0.15) is 0 Å². The van der Waals surface area contributed by atoms with E-state index in [1.807, 2.05) is 11.3 Å². The molecule has 12 aromatic rings. The third kappa shape index (κ3) is 4.17. The van der Waals surface area contributed by atoms with Crippen molar-refractivity contribution in [3.05, 3.63) is 176 Å². The van der Waals surface area contributed by atoms with Crippen LogP contribution in [0.15, 0.2) is 176 Å². The number of benzene rings is 9. The summed E-state index contributed by atoms with van der Waals surface area (Å²) in [5.74, 6) is 0.673. The topological polar surface area (TPSA) is 30.7 Å². The van der Waals surface area contributed by atoms with E-state index in [0.717, 1.165) is 44.0 Å². The standard InChI is InChI=1S/C50H29N3S/c1-3-15-34-30(12-1)14-11-21-35(34)32-24-26-33(27-25-32)46-41-29-28-31-13-2-4-16-36(31)47(41)52-50(51-46)53-42-22-9-7-19-39(42)44-37-17-5-6-18-38(37)45-40-20-8-10-23-43(40)54-49(45)48(44)53/h1-29H. The van der Waals surface area contributed by atoms with Crippen LogP contribution in [0.5, 0.6) is 0 Å². The molecule has 0 radical (unpaired) electrons. The van der Waals surface area contributed by atoms with Gasteiger partial charge in [0.1, 0.15) is 0 Å². The highest BCUT2D eigenvalue weighted by molar-refractivity contribution is 7.27. The van der Waals surface area contributed by atoms with Gasteiger partial charge in [-0.2, -0.15) is 0 Å². The van der Waals surface area contributed by atoms with Crippen molar-refractivity contribution in [2.24, 2.45) is 0 Å². The molecule has 0 aliphatic carbocycles. The summed E-state index contributed by atoms with van der Waals surface area (Å²) in [6, 6.07) is 63.4. The molecule has 250 valence electrons. The number of hydrogen-bond donors (Lipinski definition) is 0. The monoisotopic (exact) mass is 703 g/mol. The first kappa shape index (κ1) is 29.7. The Morgan fingerprint density at radius 3 is 1.83 bits per heavy atom. The van der Waals surface area contributed by atoms with Gasteiger partial charge in [0.25, 0.3) is 0 Å². The van der Waals surface area contributed by atoms with E-state index < -0.39 is 0 Å². The summed E-state index contributed by atoms with van der Waals surface area (Å²) in [7, 11) is 0. The van der Waals surface area contributed by atoms with Crippen molar-refractivity contribution in [1.29, 1.82) is 0 Å². The van der Waals surface area contributed by atoms with Crippen molar-refractivity contribution in [2.45, 2.75) is 0 Å². The van der Waals surface area contributed by atoms with Crippen molar-refractivity contribution in [1.82, 2.24) is 14.5 Å². The molecule has 0 amide bonds. The molecular formula is C50H29N3S. The second kappa shape index (κ2) is 11.3. The molecule has 0 atom stereocenters. The lowest BCUT2D eigenvalue weighted by Gasteiger charge is -2.14. The van der Waals surface area contributed by atoms with E-state index >= 15 is 0 Å². The van der Waals surface area contributed by atoms with E-state index in [2.05, 4.69) is 180 Å². The maximum Gasteiger partial charge on any atom is 0.235 e. The number of rotatable bonds is 3. The Morgan fingerprint density at radius 1 is 0.407 bits per heavy atom. The predicted octanol–water partition coefficient (Wildman–Crippen LogP) is 13.9. The second-order valence-corrected chi connectivity index (χ2v) is 15.1. The Kier molecular flexibility index (Phi) is 6.21. The average Bonchev–Trinajstić information content (AvgIpc) is 3.80. The van der Waals surface area contributed by atoms with Crippen LogP contribution >= 0.6 is 11.3 Å². The molecule has 0 fully saturated rings. The quantitative estimate of drug-likeness (QED) is 0.172. The predicted molar refractivity (Wildman–Crippen MR) is 230 cm³/mol. The molecule has 3 heterocycles. The highest BCUT2D eigenvalue weighted by atomic mass is 32.1. The van der Waals surface area contributed by atoms with Crippen molar-refractivity contribution in [3.63, 3.8) is 0 Å². The zero-order chi connectivity index (χ0) is 35.3. The maximum atomic E-state index is 5.57. The second-order valence-electron chi connectivity index (χ2n) is 14.1. The first-order valence-corrected chi connectivity index (χ1v) is 19.2. The highest BCUT2D eigenvalue weighted by Crippen LogP contribution is 2.48. The summed E-state index contributed by atoms with van der Waals surface area (Å²) in [5, 5.41) is 13.3. The van der Waals surface area contributed by atoms with Crippen molar-refractivity contribution >= 4 is 96.5 Å². The fourth-order valence-corrected chi connectivity index (χ4v) is 10.0. The Hall–Kier alpha value is -6.88. The van der Waals surface area contributed by atoms with Gasteiger partial charge >= 0.3 is 0 Å². The molecule has 3 aromatic heterocycles. The smallest absolute Gasteiger partial charge is 0.235 e. The zero-order valence-electron chi connectivity index (χ0n) is 29.0. The number of thiophene rings is 1. The van der Waals surface area contributed by atoms with E-state index in [1.165, 1.54) is 63.6 Å². The third-order valence-electron chi connectivity index (χ3n) is 11.2. The summed E-state index contributed by atoms with van der Waals surface area (Å²) >= 11 is 1.86. The number of para-hydroxylation sites is 1. The Morgan fingerprint density at radius 2 is 1.02 bits per heavy atom. The molecule has 3 nitrogen and oxygen atoms in total. The first-order valence-electron chi connectivity index (χ1n) is 18.3. The lowest BCUT2D eigenvalue weighted by atomic mass is 9.96. The molecule has 9 aromatic carbocycles. The van der Waals surface area contributed by atoms with E-state index in [9.17, 15) is 0 Å². The van der Waals surface area contributed by atoms with Crippen LogP contribution in [0.2, 0.25) is 0 Å². The van der Waals surface area contributed by atoms with Crippen LogP contribution in [0.25, 0.3) is 114 Å². The summed E-state index contributed by atoms with van der Waals surface area (Å²) in [6.07, 6.45) is 0. The Balaban J connectivity index is 1.20. The number of nitrogens with zero attached hydrogens (tertiary/aromatic N) is 3. The molecular weight excluding hydrogens is 675 g/mol. The fraction of sp³-hybridized carbons (Fsp3) is 0. The van der Waals surface area contributed by atoms with Crippen molar-refractivity contribution in [3.8, 4) is 28.3 Å². The molecule has 0 aliphatic heterocycles. The molecule has 0 N–H and O–H groups in total. The van der Waals surface area contributed by atoms with Gasteiger partial charge in [-0.3, -0.25) is 4.57 Å². The Labute approximate surface area is 314 Å². The summed E-state index contributed by atoms with van der Waals surface area (Å²) in [4.78, 5) is 11.1. The van der Waals surface area contributed by atoms with E-state index in [0.29, 0.717) is 5.95 Å². The molecule has 12 rings (SSSR count). The van der Waals surface area contributed by atoms with Crippen LogP contribution < -0.4 is 0 Å². The molecule has 4 heteroatoms. The minimum absolute atomic E-state index is 0.673. The van der Waals surface area contributed by atoms with Gasteiger partial charge < -0.3 is 0 Å². The van der Waals surface area contributed by atoms with Crippen LogP contribution in [0, 0.1) is 0 Å². The largest absolute Gasteiger partial charge is 0.276 e. The first-order chi connectivity index (χ1) is 26.8. The van der Waals surface area contributed by atoms with Gasteiger partial charge in [0.2, 0.25) is 5.95 Å². The summed E-state index contributed by atoms with van der Waals surface area (Å²) in [5.41, 5.74) is 7.59. The fourth-order valence-electron chi connectivity index (χ4n) is 8.79. The minimum Gasteiger partial charge on any atom is -0.276 e. The lowest BCUT2D eigenvalue weighted by Crippen LogP contribution is -2.04. The maximum absolute atomic E-state index is 5.57. The van der Waals surface area contributed by atoms with Gasteiger partial charge in [-0.05, 0) is 56.3 Å². The molecule has 0 bridgehead atoms. The average molecular weight is 704 g/mol. The molecule has 0 unspecified atom stereocenters. The van der Waals surface area contributed by atoms with Crippen LogP contribution in [0.4, 0.5) is 0 Å². The van der Waals surface area contributed by atoms with Gasteiger partial charge in [0, 0.05) is 42.6 Å². The van der Waals surface area contributed by atoms with E-state index in [-0.39, 0.29) is 0 Å². The molecule has 54 heavy (non-hydrogen) atoms. The van der Waals surface area contributed by atoms with Gasteiger partial charge in [0.05, 0.1) is 26.9 Å². The minimum atomic E-state index is 0.673. The van der Waals surface area contributed by atoms with Gasteiger partial charge in [-0.25, -0.2) is 9.97 Å². The molecule has 0 saturated carbocycles.